The van der Waals surface area contributed by atoms with Gasteiger partial charge in [-0.1, -0.05) is 0 Å². The zero-order chi connectivity index (χ0) is 10.7. The molecule has 1 aliphatic heterocycles. The first-order valence-corrected chi connectivity index (χ1v) is 5.62. The van der Waals surface area contributed by atoms with Crippen molar-refractivity contribution in [2.75, 3.05) is 13.1 Å². The van der Waals surface area contributed by atoms with Crippen molar-refractivity contribution in [1.82, 2.24) is 4.90 Å². The van der Waals surface area contributed by atoms with Crippen LogP contribution < -0.4 is 0 Å². The van der Waals surface area contributed by atoms with Crippen LogP contribution in [0.1, 0.15) is 31.7 Å². The predicted octanol–water partition coefficient (Wildman–Crippen LogP) is 2.02. The van der Waals surface area contributed by atoms with E-state index in [1.165, 1.54) is 5.56 Å². The molecule has 0 bridgehead atoms. The van der Waals surface area contributed by atoms with Crippen LogP contribution >= 0.6 is 0 Å². The smallest absolute Gasteiger partial charge is 0.0947 e. The monoisotopic (exact) mass is 209 g/mol. The topological polar surface area (TPSA) is 36.6 Å². The summed E-state index contributed by atoms with van der Waals surface area (Å²) in [5.41, 5.74) is 0.752. The van der Waals surface area contributed by atoms with Gasteiger partial charge < -0.3 is 9.52 Å². The molecule has 1 aliphatic rings. The van der Waals surface area contributed by atoms with Gasteiger partial charge in [-0.05, 0) is 38.8 Å². The van der Waals surface area contributed by atoms with E-state index >= 15 is 0 Å². The fourth-order valence-corrected chi connectivity index (χ4v) is 2.12. The van der Waals surface area contributed by atoms with Crippen LogP contribution in [-0.2, 0) is 6.54 Å². The zero-order valence-corrected chi connectivity index (χ0v) is 9.28. The maximum atomic E-state index is 9.95. The van der Waals surface area contributed by atoms with E-state index in [-0.39, 0.29) is 0 Å². The summed E-state index contributed by atoms with van der Waals surface area (Å²) in [4.78, 5) is 2.38. The Bertz CT molecular complexity index is 293. The van der Waals surface area contributed by atoms with Crippen molar-refractivity contribution in [3.05, 3.63) is 24.2 Å². The van der Waals surface area contributed by atoms with E-state index in [4.69, 9.17) is 4.42 Å². The van der Waals surface area contributed by atoms with E-state index < -0.39 is 5.60 Å². The van der Waals surface area contributed by atoms with Gasteiger partial charge in [0.1, 0.15) is 0 Å². The fourth-order valence-electron chi connectivity index (χ4n) is 2.12. The predicted molar refractivity (Wildman–Crippen MR) is 58.5 cm³/mol. The molecule has 0 saturated carbocycles. The Morgan fingerprint density at radius 1 is 1.47 bits per heavy atom. The summed E-state index contributed by atoms with van der Waals surface area (Å²) in [6.45, 7) is 4.92. The fraction of sp³-hybridized carbons (Fsp3) is 0.667. The third kappa shape index (κ3) is 3.08. The van der Waals surface area contributed by atoms with Gasteiger partial charge in [-0.3, -0.25) is 4.90 Å². The van der Waals surface area contributed by atoms with E-state index in [0.717, 1.165) is 38.9 Å². The molecule has 84 valence electrons. The standard InChI is InChI=1S/C12H19NO2/c1-12(14)4-2-6-13(7-5-12)9-11-3-8-15-10-11/h3,8,10,14H,2,4-7,9H2,1H3. The highest BCUT2D eigenvalue weighted by atomic mass is 16.3. The van der Waals surface area contributed by atoms with Crippen LogP contribution in [0.4, 0.5) is 0 Å². The maximum absolute atomic E-state index is 9.95. The lowest BCUT2D eigenvalue weighted by Gasteiger charge is -2.21. The quantitative estimate of drug-likeness (QED) is 0.809. The highest BCUT2D eigenvalue weighted by Gasteiger charge is 2.24. The van der Waals surface area contributed by atoms with Crippen LogP contribution in [0.5, 0.6) is 0 Å². The van der Waals surface area contributed by atoms with Crippen LogP contribution in [0.25, 0.3) is 0 Å². The van der Waals surface area contributed by atoms with E-state index in [1.54, 1.807) is 12.5 Å². The molecule has 3 heteroatoms. The minimum atomic E-state index is -0.467. The molecule has 15 heavy (non-hydrogen) atoms. The first-order chi connectivity index (χ1) is 7.16. The summed E-state index contributed by atoms with van der Waals surface area (Å²) in [6, 6.07) is 2.00. The highest BCUT2D eigenvalue weighted by Crippen LogP contribution is 2.22. The molecule has 0 amide bonds. The second kappa shape index (κ2) is 4.37. The number of rotatable bonds is 2. The molecule has 0 aliphatic carbocycles. The number of hydrogen-bond donors (Lipinski definition) is 1. The summed E-state index contributed by atoms with van der Waals surface area (Å²) in [6.07, 6.45) is 6.36. The molecule has 1 atom stereocenters. The summed E-state index contributed by atoms with van der Waals surface area (Å²) >= 11 is 0. The number of aliphatic hydroxyl groups is 1. The Morgan fingerprint density at radius 3 is 3.07 bits per heavy atom. The van der Waals surface area contributed by atoms with Gasteiger partial charge >= 0.3 is 0 Å². The number of nitrogens with zero attached hydrogens (tertiary/aromatic N) is 1. The van der Waals surface area contributed by atoms with Crippen molar-refractivity contribution in [2.45, 2.75) is 38.3 Å². The highest BCUT2D eigenvalue weighted by molar-refractivity contribution is 5.05. The molecule has 0 radical (unpaired) electrons. The summed E-state index contributed by atoms with van der Waals surface area (Å²) in [5.74, 6) is 0. The van der Waals surface area contributed by atoms with E-state index in [1.807, 2.05) is 13.0 Å². The molecule has 1 unspecified atom stereocenters. The number of hydrogen-bond acceptors (Lipinski definition) is 3. The van der Waals surface area contributed by atoms with Crippen molar-refractivity contribution >= 4 is 0 Å². The summed E-state index contributed by atoms with van der Waals surface area (Å²) in [7, 11) is 0. The van der Waals surface area contributed by atoms with Gasteiger partial charge in [0.25, 0.3) is 0 Å². The molecule has 1 aromatic rings. The van der Waals surface area contributed by atoms with Crippen molar-refractivity contribution in [1.29, 1.82) is 0 Å². The minimum Gasteiger partial charge on any atom is -0.472 e. The van der Waals surface area contributed by atoms with Gasteiger partial charge in [0.05, 0.1) is 18.1 Å². The molecule has 2 rings (SSSR count). The van der Waals surface area contributed by atoms with Gasteiger partial charge in [-0.2, -0.15) is 0 Å². The lowest BCUT2D eigenvalue weighted by molar-refractivity contribution is 0.0444. The summed E-state index contributed by atoms with van der Waals surface area (Å²) < 4.78 is 5.05. The Kier molecular flexibility index (Phi) is 3.12. The zero-order valence-electron chi connectivity index (χ0n) is 9.28. The van der Waals surface area contributed by atoms with Gasteiger partial charge in [-0.25, -0.2) is 0 Å². The van der Waals surface area contributed by atoms with E-state index in [0.29, 0.717) is 0 Å². The number of furan rings is 1. The summed E-state index contributed by atoms with van der Waals surface area (Å²) in [5, 5.41) is 9.95. The van der Waals surface area contributed by atoms with Gasteiger partial charge in [0, 0.05) is 18.7 Å². The first-order valence-electron chi connectivity index (χ1n) is 5.62. The Hall–Kier alpha value is -0.800. The Balaban J connectivity index is 1.89. The van der Waals surface area contributed by atoms with Gasteiger partial charge in [-0.15, -0.1) is 0 Å². The van der Waals surface area contributed by atoms with Crippen LogP contribution in [0.3, 0.4) is 0 Å². The van der Waals surface area contributed by atoms with Crippen LogP contribution in [0.2, 0.25) is 0 Å². The van der Waals surface area contributed by atoms with Crippen molar-refractivity contribution in [3.63, 3.8) is 0 Å². The van der Waals surface area contributed by atoms with Gasteiger partial charge in [0.2, 0.25) is 0 Å². The van der Waals surface area contributed by atoms with E-state index in [2.05, 4.69) is 4.90 Å². The van der Waals surface area contributed by atoms with Crippen LogP contribution in [0, 0.1) is 0 Å². The molecular formula is C12H19NO2. The molecule has 3 nitrogen and oxygen atoms in total. The maximum Gasteiger partial charge on any atom is 0.0947 e. The normalized spacial score (nSPS) is 28.9. The Morgan fingerprint density at radius 2 is 2.33 bits per heavy atom. The molecule has 0 spiro atoms. The molecular weight excluding hydrogens is 190 g/mol. The van der Waals surface area contributed by atoms with Crippen molar-refractivity contribution in [3.8, 4) is 0 Å². The molecule has 1 aromatic heterocycles. The average molecular weight is 209 g/mol. The lowest BCUT2D eigenvalue weighted by atomic mass is 9.98. The number of likely N-dealkylation sites (tertiary alicyclic amines) is 1. The molecule has 2 heterocycles. The molecule has 1 saturated heterocycles. The van der Waals surface area contributed by atoms with E-state index in [9.17, 15) is 5.11 Å². The SMILES string of the molecule is CC1(O)CCCN(Cc2ccoc2)CC1. The molecule has 0 aromatic carbocycles. The molecule has 1 N–H and O–H groups in total. The first kappa shape index (κ1) is 10.7. The van der Waals surface area contributed by atoms with Crippen molar-refractivity contribution < 1.29 is 9.52 Å². The minimum absolute atomic E-state index is 0.467. The third-order valence-corrected chi connectivity index (χ3v) is 3.14. The Labute approximate surface area is 90.7 Å². The molecule has 1 fully saturated rings. The second-order valence-electron chi connectivity index (χ2n) is 4.76. The largest absolute Gasteiger partial charge is 0.472 e. The van der Waals surface area contributed by atoms with Crippen LogP contribution in [0.15, 0.2) is 23.0 Å². The second-order valence-corrected chi connectivity index (χ2v) is 4.76. The average Bonchev–Trinajstić information content (AvgIpc) is 2.60. The lowest BCUT2D eigenvalue weighted by Crippen LogP contribution is -2.28. The van der Waals surface area contributed by atoms with Crippen molar-refractivity contribution in [2.24, 2.45) is 0 Å². The third-order valence-electron chi connectivity index (χ3n) is 3.14. The van der Waals surface area contributed by atoms with Gasteiger partial charge in [0.15, 0.2) is 0 Å². The van der Waals surface area contributed by atoms with Crippen LogP contribution in [-0.4, -0.2) is 28.7 Å².